The maximum absolute atomic E-state index is 14.3. The van der Waals surface area contributed by atoms with Crippen molar-refractivity contribution in [3.8, 4) is 0 Å². The fraction of sp³-hybridized carbons (Fsp3) is 0.488. The number of nitrogens with one attached hydrogen (secondary N) is 3. The molecule has 1 saturated heterocycles. The Kier molecular flexibility index (Phi) is 15.6. The zero-order valence-electron chi connectivity index (χ0n) is 33.2. The fourth-order valence-corrected chi connectivity index (χ4v) is 7.70. The molecule has 1 spiro atoms. The van der Waals surface area contributed by atoms with E-state index in [1.807, 2.05) is 80.6 Å². The lowest BCUT2D eigenvalue weighted by Crippen LogP contribution is -2.55. The number of rotatable bonds is 19. The average Bonchev–Trinajstić information content (AvgIpc) is 3.20. The van der Waals surface area contributed by atoms with Gasteiger partial charge in [0, 0.05) is 76.1 Å². The Bertz CT molecular complexity index is 1800. The van der Waals surface area contributed by atoms with Crippen LogP contribution < -0.4 is 27.4 Å². The molecule has 0 bridgehead atoms. The van der Waals surface area contributed by atoms with Crippen molar-refractivity contribution in [3.05, 3.63) is 95.7 Å². The SMILES string of the molecule is CC(C)C[C@@H](NC(=O)[C@@H](Cc1ccccc1)NC(=O)N(CCN)Cc1ccccc1)C(=O)C[C@H](CCCCN)C(=O)N1CCC2(CC1)OC(=O)Nc1ncccc12. The average molecular weight is 783 g/mol. The lowest BCUT2D eigenvalue weighted by molar-refractivity contribution is -0.143. The molecule has 3 aromatic rings. The van der Waals surface area contributed by atoms with Crippen molar-refractivity contribution in [2.24, 2.45) is 23.3 Å². The first-order chi connectivity index (χ1) is 27.5. The number of nitrogens with two attached hydrogens (primary N) is 2. The first kappa shape index (κ1) is 42.8. The highest BCUT2D eigenvalue weighted by atomic mass is 16.6. The molecule has 0 saturated carbocycles. The molecule has 2 aliphatic heterocycles. The number of benzene rings is 2. The quantitative estimate of drug-likeness (QED) is 0.109. The van der Waals surface area contributed by atoms with E-state index in [4.69, 9.17) is 16.2 Å². The molecule has 0 aliphatic carbocycles. The molecule has 2 aromatic carbocycles. The van der Waals surface area contributed by atoms with Crippen LogP contribution in [0.15, 0.2) is 79.0 Å². The maximum atomic E-state index is 14.3. The third-order valence-corrected chi connectivity index (χ3v) is 10.7. The van der Waals surface area contributed by atoms with Crippen LogP contribution in [0.2, 0.25) is 0 Å². The van der Waals surface area contributed by atoms with E-state index in [0.717, 1.165) is 16.7 Å². The molecule has 5 amide bonds. The van der Waals surface area contributed by atoms with Crippen molar-refractivity contribution in [1.82, 2.24) is 25.4 Å². The highest BCUT2D eigenvalue weighted by Crippen LogP contribution is 2.43. The summed E-state index contributed by atoms with van der Waals surface area (Å²) < 4.78 is 5.84. The minimum Gasteiger partial charge on any atom is -0.437 e. The number of likely N-dealkylation sites (tertiary alicyclic amines) is 1. The molecule has 1 aromatic heterocycles. The van der Waals surface area contributed by atoms with Gasteiger partial charge >= 0.3 is 12.1 Å². The van der Waals surface area contributed by atoms with E-state index < -0.39 is 41.6 Å². The second-order valence-corrected chi connectivity index (χ2v) is 15.5. The summed E-state index contributed by atoms with van der Waals surface area (Å²) in [5.74, 6) is -1.01. The van der Waals surface area contributed by atoms with E-state index in [0.29, 0.717) is 70.5 Å². The summed E-state index contributed by atoms with van der Waals surface area (Å²) in [6.07, 6.45) is 4.13. The summed E-state index contributed by atoms with van der Waals surface area (Å²) in [6, 6.07) is 20.3. The van der Waals surface area contributed by atoms with Crippen molar-refractivity contribution >= 4 is 35.5 Å². The molecular weight excluding hydrogens is 725 g/mol. The Balaban J connectivity index is 1.30. The number of unbranched alkanes of at least 4 members (excludes halogenated alkanes) is 1. The van der Waals surface area contributed by atoms with E-state index in [1.54, 1.807) is 22.1 Å². The highest BCUT2D eigenvalue weighted by molar-refractivity contribution is 5.95. The number of pyridine rings is 1. The van der Waals surface area contributed by atoms with Crippen molar-refractivity contribution in [2.45, 2.75) is 89.4 Å². The molecule has 57 heavy (non-hydrogen) atoms. The van der Waals surface area contributed by atoms with Crippen LogP contribution in [0.4, 0.5) is 15.4 Å². The number of piperidine rings is 1. The molecule has 5 rings (SSSR count). The number of aromatic nitrogens is 1. The van der Waals surface area contributed by atoms with E-state index >= 15 is 0 Å². The molecule has 3 atom stereocenters. The van der Waals surface area contributed by atoms with Gasteiger partial charge < -0.3 is 36.6 Å². The second kappa shape index (κ2) is 20.7. The lowest BCUT2D eigenvalue weighted by Gasteiger charge is -2.44. The minimum absolute atomic E-state index is 0.0436. The number of hydrogen-bond acceptors (Lipinski definition) is 9. The predicted molar refractivity (Wildman–Crippen MR) is 218 cm³/mol. The Morgan fingerprint density at radius 3 is 2.23 bits per heavy atom. The van der Waals surface area contributed by atoms with Gasteiger partial charge in [-0.3, -0.25) is 19.7 Å². The van der Waals surface area contributed by atoms with Crippen LogP contribution >= 0.6 is 0 Å². The Hall–Kier alpha value is -5.34. The molecule has 14 nitrogen and oxygen atoms in total. The normalized spacial score (nSPS) is 16.1. The fourth-order valence-electron chi connectivity index (χ4n) is 7.70. The number of hydrogen-bond donors (Lipinski definition) is 5. The van der Waals surface area contributed by atoms with Gasteiger partial charge in [0.2, 0.25) is 11.8 Å². The summed E-state index contributed by atoms with van der Waals surface area (Å²) in [4.78, 5) is 76.5. The van der Waals surface area contributed by atoms with Gasteiger partial charge in [-0.25, -0.2) is 14.6 Å². The number of anilines is 1. The topological polar surface area (TPSA) is 202 Å². The van der Waals surface area contributed by atoms with Gasteiger partial charge in [0.1, 0.15) is 17.5 Å². The van der Waals surface area contributed by atoms with Crippen molar-refractivity contribution in [1.29, 1.82) is 0 Å². The Morgan fingerprint density at radius 1 is 0.895 bits per heavy atom. The largest absolute Gasteiger partial charge is 0.437 e. The van der Waals surface area contributed by atoms with Gasteiger partial charge in [0.25, 0.3) is 0 Å². The van der Waals surface area contributed by atoms with Crippen LogP contribution in [0.25, 0.3) is 0 Å². The molecule has 1 fully saturated rings. The van der Waals surface area contributed by atoms with Crippen LogP contribution in [0.5, 0.6) is 0 Å². The molecule has 0 radical (unpaired) electrons. The van der Waals surface area contributed by atoms with Crippen LogP contribution in [0, 0.1) is 11.8 Å². The second-order valence-electron chi connectivity index (χ2n) is 15.5. The number of ether oxygens (including phenoxy) is 1. The number of fused-ring (bicyclic) bond motifs is 2. The summed E-state index contributed by atoms with van der Waals surface area (Å²) in [7, 11) is 0. The molecule has 3 heterocycles. The highest BCUT2D eigenvalue weighted by Gasteiger charge is 2.46. The van der Waals surface area contributed by atoms with Crippen molar-refractivity contribution in [2.75, 3.05) is 38.0 Å². The number of nitrogens with zero attached hydrogens (tertiary/aromatic N) is 3. The summed E-state index contributed by atoms with van der Waals surface area (Å²) in [5, 5.41) is 8.58. The monoisotopic (exact) mass is 782 g/mol. The van der Waals surface area contributed by atoms with Crippen LogP contribution in [-0.2, 0) is 37.7 Å². The lowest BCUT2D eigenvalue weighted by atomic mass is 9.82. The van der Waals surface area contributed by atoms with Gasteiger partial charge in [-0.2, -0.15) is 0 Å². The molecule has 0 unspecified atom stereocenters. The van der Waals surface area contributed by atoms with Crippen molar-refractivity contribution in [3.63, 3.8) is 0 Å². The van der Waals surface area contributed by atoms with E-state index in [2.05, 4.69) is 20.9 Å². The maximum Gasteiger partial charge on any atom is 0.413 e. The number of ketones is 1. The van der Waals surface area contributed by atoms with Gasteiger partial charge in [0.15, 0.2) is 5.78 Å². The Morgan fingerprint density at radius 2 is 1.58 bits per heavy atom. The van der Waals surface area contributed by atoms with Gasteiger partial charge in [0.05, 0.1) is 6.04 Å². The summed E-state index contributed by atoms with van der Waals surface area (Å²) in [5.41, 5.74) is 13.3. The Labute approximate surface area is 335 Å². The first-order valence-corrected chi connectivity index (χ1v) is 20.1. The third-order valence-electron chi connectivity index (χ3n) is 10.7. The van der Waals surface area contributed by atoms with Gasteiger partial charge in [-0.15, -0.1) is 0 Å². The number of carbonyl (C=O) groups is 5. The molecule has 2 aliphatic rings. The van der Waals surface area contributed by atoms with E-state index in [1.165, 1.54) is 0 Å². The zero-order valence-corrected chi connectivity index (χ0v) is 33.2. The molecule has 14 heteroatoms. The van der Waals surface area contributed by atoms with Gasteiger partial charge in [-0.05, 0) is 55.0 Å². The van der Waals surface area contributed by atoms with Gasteiger partial charge in [-0.1, -0.05) is 80.9 Å². The van der Waals surface area contributed by atoms with E-state index in [-0.39, 0.29) is 43.5 Å². The minimum atomic E-state index is -0.995. The molecule has 306 valence electrons. The van der Waals surface area contributed by atoms with Crippen LogP contribution in [0.1, 0.15) is 75.5 Å². The first-order valence-electron chi connectivity index (χ1n) is 20.1. The van der Waals surface area contributed by atoms with Crippen molar-refractivity contribution < 1.29 is 28.7 Å². The predicted octanol–water partition coefficient (Wildman–Crippen LogP) is 4.48. The molecular formula is C43H58N8O6. The summed E-state index contributed by atoms with van der Waals surface area (Å²) in [6.45, 7) is 5.89. The van der Waals surface area contributed by atoms with E-state index in [9.17, 15) is 24.0 Å². The smallest absolute Gasteiger partial charge is 0.413 e. The van der Waals surface area contributed by atoms with Crippen LogP contribution in [-0.4, -0.2) is 89.3 Å². The molecule has 7 N–H and O–H groups in total. The zero-order chi connectivity index (χ0) is 40.8. The standard InChI is InChI=1S/C43H58N8O6/c1-30(2)26-35(47-39(53)36(27-31-12-5-3-6-13-31)48-41(55)51(25-21-45)29-32-14-7-4-8-15-32)37(52)28-33(16-9-10-20-44)40(54)50-23-18-43(19-24-50)34-17-11-22-46-38(34)49-42(56)57-43/h3-8,11-15,17,22,30,33,35-36H,9-10,16,18-21,23-29,44-45H2,1-2H3,(H,47,53)(H,48,55)(H,46,49,56)/t33-,35+,36+/m0/s1. The summed E-state index contributed by atoms with van der Waals surface area (Å²) >= 11 is 0. The third kappa shape index (κ3) is 11.8. The number of Topliss-reactive ketones (excluding diaryl/α,β-unsaturated/α-hetero) is 1. The number of carbonyl (C=O) groups excluding carboxylic acids is 5. The van der Waals surface area contributed by atoms with Crippen LogP contribution in [0.3, 0.4) is 0 Å². The number of amides is 5. The number of urea groups is 1.